The number of carbonyl (C=O) groups excluding carboxylic acids is 2. The maximum atomic E-state index is 12.2. The minimum absolute atomic E-state index is 0.167. The van der Waals surface area contributed by atoms with Gasteiger partial charge in [-0.25, -0.2) is 5.43 Å². The molecule has 2 atom stereocenters. The lowest BCUT2D eigenvalue weighted by molar-refractivity contribution is -0.124. The Morgan fingerprint density at radius 2 is 1.96 bits per heavy atom. The first-order chi connectivity index (χ1) is 13.7. The molecule has 0 radical (unpaired) electrons. The van der Waals surface area contributed by atoms with Crippen LogP contribution in [-0.2, 0) is 19.1 Å². The second kappa shape index (κ2) is 8.24. The maximum Gasteiger partial charge on any atom is 0.259 e. The zero-order valence-corrected chi connectivity index (χ0v) is 14.9. The fourth-order valence-electron chi connectivity index (χ4n) is 2.92. The zero-order valence-electron chi connectivity index (χ0n) is 14.9. The van der Waals surface area contributed by atoms with Crippen LogP contribution in [0.5, 0.6) is 11.5 Å². The van der Waals surface area contributed by atoms with Gasteiger partial charge in [-0.1, -0.05) is 12.2 Å². The van der Waals surface area contributed by atoms with Crippen molar-refractivity contribution in [1.29, 1.82) is 0 Å². The van der Waals surface area contributed by atoms with Gasteiger partial charge in [0.2, 0.25) is 6.79 Å². The zero-order chi connectivity index (χ0) is 19.3. The molecule has 4 rings (SSSR count). The Labute approximate surface area is 161 Å². The number of nitrogens with one attached hydrogen (secondary N) is 2. The van der Waals surface area contributed by atoms with Crippen LogP contribution in [-0.4, -0.2) is 56.8 Å². The summed E-state index contributed by atoms with van der Waals surface area (Å²) in [4.78, 5) is 24.1. The van der Waals surface area contributed by atoms with Crippen molar-refractivity contribution in [2.75, 3.05) is 26.6 Å². The van der Waals surface area contributed by atoms with Crippen LogP contribution in [0.2, 0.25) is 0 Å². The molecule has 0 bridgehead atoms. The minimum atomic E-state index is -0.444. The fraction of sp³-hybridized carbons (Fsp3) is 0.316. The normalized spacial score (nSPS) is 22.5. The highest BCUT2D eigenvalue weighted by Crippen LogP contribution is 2.31. The molecule has 1 fully saturated rings. The summed E-state index contributed by atoms with van der Waals surface area (Å²) in [5.41, 5.74) is 3.54. The first kappa shape index (κ1) is 18.2. The standard InChI is InChI=1S/C19H19N3O6/c23-18(22-21-9-12-1-3-15-16(7-12)28-11-27-15)10-20-19(24)13-2-4-14-17(8-13)26-6-5-25-14/h1-4,7-9,14,17H,5-6,10-11H2,(H,20,24)(H,22,23)/b21-9-/t14-,17-/m0/s1. The maximum absolute atomic E-state index is 12.2. The highest BCUT2D eigenvalue weighted by atomic mass is 16.7. The number of hydrogen-bond donors (Lipinski definition) is 2. The van der Waals surface area contributed by atoms with Crippen molar-refractivity contribution in [2.45, 2.75) is 12.2 Å². The molecule has 2 amide bonds. The SMILES string of the molecule is O=C(CNC(=O)C1=C[C@@H]2OCCO[C@H]2C=C1)N/N=C\c1ccc2c(c1)OCO2. The Bertz CT molecular complexity index is 863. The molecule has 1 aromatic rings. The van der Waals surface area contributed by atoms with Gasteiger partial charge >= 0.3 is 0 Å². The molecule has 2 heterocycles. The summed E-state index contributed by atoms with van der Waals surface area (Å²) in [6.45, 7) is 1.02. The summed E-state index contributed by atoms with van der Waals surface area (Å²) in [5, 5.41) is 6.43. The third-order valence-corrected chi connectivity index (χ3v) is 4.31. The van der Waals surface area contributed by atoms with Crippen LogP contribution in [0.3, 0.4) is 0 Å². The molecule has 1 aliphatic carbocycles. The number of rotatable bonds is 5. The van der Waals surface area contributed by atoms with E-state index in [1.54, 1.807) is 36.4 Å². The number of benzene rings is 1. The molecule has 28 heavy (non-hydrogen) atoms. The van der Waals surface area contributed by atoms with E-state index < -0.39 is 5.91 Å². The largest absolute Gasteiger partial charge is 0.454 e. The van der Waals surface area contributed by atoms with Crippen LogP contribution in [0.25, 0.3) is 0 Å². The summed E-state index contributed by atoms with van der Waals surface area (Å²) >= 11 is 0. The van der Waals surface area contributed by atoms with Gasteiger partial charge in [0.15, 0.2) is 11.5 Å². The molecular weight excluding hydrogens is 366 g/mol. The average Bonchev–Trinajstić information content (AvgIpc) is 3.19. The van der Waals surface area contributed by atoms with Crippen LogP contribution < -0.4 is 20.2 Å². The number of hydrogen-bond acceptors (Lipinski definition) is 7. The molecule has 9 nitrogen and oxygen atoms in total. The number of hydrazone groups is 1. The summed E-state index contributed by atoms with van der Waals surface area (Å²) in [6.07, 6.45) is 6.19. The summed E-state index contributed by atoms with van der Waals surface area (Å²) < 4.78 is 21.6. The van der Waals surface area contributed by atoms with Gasteiger partial charge in [0.25, 0.3) is 11.8 Å². The third kappa shape index (κ3) is 4.21. The second-order valence-electron chi connectivity index (χ2n) is 6.24. The van der Waals surface area contributed by atoms with Crippen molar-refractivity contribution < 1.29 is 28.5 Å². The molecule has 0 aromatic heterocycles. The van der Waals surface area contributed by atoms with Crippen LogP contribution in [0.15, 0.2) is 47.1 Å². The number of carbonyl (C=O) groups is 2. The van der Waals surface area contributed by atoms with Gasteiger partial charge in [-0.2, -0.15) is 5.10 Å². The van der Waals surface area contributed by atoms with Gasteiger partial charge in [-0.15, -0.1) is 0 Å². The van der Waals surface area contributed by atoms with Crippen LogP contribution in [0.4, 0.5) is 0 Å². The lowest BCUT2D eigenvalue weighted by Gasteiger charge is -2.30. The summed E-state index contributed by atoms with van der Waals surface area (Å²) in [6, 6.07) is 5.31. The van der Waals surface area contributed by atoms with Crippen molar-refractivity contribution in [3.8, 4) is 11.5 Å². The number of fused-ring (bicyclic) bond motifs is 2. The Balaban J connectivity index is 1.24. The Morgan fingerprint density at radius 3 is 2.86 bits per heavy atom. The number of ether oxygens (including phenoxy) is 4. The molecule has 0 spiro atoms. The van der Waals surface area contributed by atoms with Crippen LogP contribution >= 0.6 is 0 Å². The second-order valence-corrected chi connectivity index (χ2v) is 6.24. The topological polar surface area (TPSA) is 107 Å². The van der Waals surface area contributed by atoms with Crippen molar-refractivity contribution in [2.24, 2.45) is 5.10 Å². The quantitative estimate of drug-likeness (QED) is 0.556. The highest BCUT2D eigenvalue weighted by Gasteiger charge is 2.27. The van der Waals surface area contributed by atoms with E-state index in [0.29, 0.717) is 30.3 Å². The first-order valence-corrected chi connectivity index (χ1v) is 8.82. The molecular formula is C19H19N3O6. The van der Waals surface area contributed by atoms with E-state index in [2.05, 4.69) is 15.8 Å². The molecule has 1 aromatic carbocycles. The molecule has 2 aliphatic heterocycles. The predicted molar refractivity (Wildman–Crippen MR) is 98.0 cm³/mol. The predicted octanol–water partition coefficient (Wildman–Crippen LogP) is 0.262. The summed E-state index contributed by atoms with van der Waals surface area (Å²) in [7, 11) is 0. The van der Waals surface area contributed by atoms with Gasteiger partial charge in [-0.3, -0.25) is 9.59 Å². The van der Waals surface area contributed by atoms with E-state index in [-0.39, 0.29) is 31.5 Å². The molecule has 146 valence electrons. The summed E-state index contributed by atoms with van der Waals surface area (Å²) in [5.74, 6) is 0.497. The minimum Gasteiger partial charge on any atom is -0.454 e. The van der Waals surface area contributed by atoms with E-state index in [4.69, 9.17) is 18.9 Å². The van der Waals surface area contributed by atoms with E-state index in [9.17, 15) is 9.59 Å². The lowest BCUT2D eigenvalue weighted by atomic mass is 10.0. The van der Waals surface area contributed by atoms with Gasteiger partial charge < -0.3 is 24.3 Å². The lowest BCUT2D eigenvalue weighted by Crippen LogP contribution is -2.40. The Kier molecular flexibility index (Phi) is 5.36. The first-order valence-electron chi connectivity index (χ1n) is 8.82. The van der Waals surface area contributed by atoms with Gasteiger partial charge in [0, 0.05) is 5.57 Å². The molecule has 2 N–H and O–H groups in total. The van der Waals surface area contributed by atoms with Crippen molar-refractivity contribution >= 4 is 18.0 Å². The monoisotopic (exact) mass is 385 g/mol. The van der Waals surface area contributed by atoms with Crippen molar-refractivity contribution in [3.63, 3.8) is 0 Å². The molecule has 3 aliphatic rings. The molecule has 0 saturated carbocycles. The number of amides is 2. The van der Waals surface area contributed by atoms with E-state index in [0.717, 1.165) is 5.56 Å². The fourth-order valence-corrected chi connectivity index (χ4v) is 2.92. The highest BCUT2D eigenvalue weighted by molar-refractivity contribution is 5.98. The van der Waals surface area contributed by atoms with Crippen molar-refractivity contribution in [1.82, 2.24) is 10.7 Å². The van der Waals surface area contributed by atoms with Gasteiger partial charge in [0.1, 0.15) is 12.2 Å². The van der Waals surface area contributed by atoms with E-state index >= 15 is 0 Å². The molecule has 9 heteroatoms. The third-order valence-electron chi connectivity index (χ3n) is 4.31. The smallest absolute Gasteiger partial charge is 0.259 e. The average molecular weight is 385 g/mol. The Morgan fingerprint density at radius 1 is 1.14 bits per heavy atom. The van der Waals surface area contributed by atoms with Gasteiger partial charge in [0.05, 0.1) is 26.0 Å². The van der Waals surface area contributed by atoms with Crippen LogP contribution in [0, 0.1) is 0 Å². The Hall–Kier alpha value is -3.17. The molecule has 1 saturated heterocycles. The molecule has 0 unspecified atom stereocenters. The van der Waals surface area contributed by atoms with Crippen LogP contribution in [0.1, 0.15) is 5.56 Å². The van der Waals surface area contributed by atoms with E-state index in [1.165, 1.54) is 6.21 Å². The van der Waals surface area contributed by atoms with Gasteiger partial charge in [-0.05, 0) is 29.8 Å². The number of nitrogens with zero attached hydrogens (tertiary/aromatic N) is 1. The van der Waals surface area contributed by atoms with Crippen molar-refractivity contribution in [3.05, 3.63) is 47.6 Å². The van der Waals surface area contributed by atoms with E-state index in [1.807, 2.05) is 0 Å².